The van der Waals surface area contributed by atoms with Crippen molar-refractivity contribution >= 4 is 22.6 Å². The summed E-state index contributed by atoms with van der Waals surface area (Å²) in [6.07, 6.45) is 7.37. The van der Waals surface area contributed by atoms with Crippen molar-refractivity contribution in [2.24, 2.45) is 7.05 Å². The Kier molecular flexibility index (Phi) is 5.36. The molecule has 1 amide bonds. The largest absolute Gasteiger partial charge is 0.305 e. The fraction of sp³-hybridized carbons (Fsp3) is 0.364. The molecule has 1 aliphatic rings. The lowest BCUT2D eigenvalue weighted by Crippen LogP contribution is -2.34. The highest BCUT2D eigenvalue weighted by Crippen LogP contribution is 2.24. The van der Waals surface area contributed by atoms with Gasteiger partial charge in [0.05, 0.1) is 29.5 Å². The van der Waals surface area contributed by atoms with Gasteiger partial charge in [0, 0.05) is 37.3 Å². The van der Waals surface area contributed by atoms with Gasteiger partial charge in [0.1, 0.15) is 5.69 Å². The number of likely N-dealkylation sites (tertiary alicyclic amines) is 1. The van der Waals surface area contributed by atoms with Crippen molar-refractivity contribution in [2.75, 3.05) is 25.0 Å². The van der Waals surface area contributed by atoms with E-state index < -0.39 is 0 Å². The second kappa shape index (κ2) is 8.46. The number of hydrogen-bond donors (Lipinski definition) is 1. The number of fused-ring (bicyclic) bond motifs is 1. The molecule has 0 saturated carbocycles. The van der Waals surface area contributed by atoms with E-state index in [4.69, 9.17) is 0 Å². The minimum Gasteiger partial charge on any atom is -0.305 e. The number of rotatable bonds is 5. The van der Waals surface area contributed by atoms with Crippen LogP contribution in [0.15, 0.2) is 42.9 Å². The number of carbonyl (C=O) groups is 1. The Hall–Kier alpha value is -3.66. The first kappa shape index (κ1) is 20.3. The van der Waals surface area contributed by atoms with Gasteiger partial charge in [0.15, 0.2) is 5.82 Å². The van der Waals surface area contributed by atoms with Crippen LogP contribution in [-0.4, -0.2) is 65.4 Å². The van der Waals surface area contributed by atoms with E-state index in [0.717, 1.165) is 54.6 Å². The lowest BCUT2D eigenvalue weighted by atomic mass is 10.1. The fourth-order valence-corrected chi connectivity index (χ4v) is 4.09. The van der Waals surface area contributed by atoms with Crippen LogP contribution >= 0.6 is 0 Å². The first-order chi connectivity index (χ1) is 15.6. The summed E-state index contributed by atoms with van der Waals surface area (Å²) in [4.78, 5) is 15.2. The molecule has 1 N–H and O–H groups in total. The van der Waals surface area contributed by atoms with Crippen LogP contribution in [0.5, 0.6) is 0 Å². The SMILES string of the molecule is CCN1CCC(n2cc(C(=O)Nc3cc4cc(-c5cn(C)nn5)ccc4nn3)cn2)CC1. The Bertz CT molecular complexity index is 1250. The molecule has 0 bridgehead atoms. The number of nitrogens with one attached hydrogen (secondary N) is 1. The third kappa shape index (κ3) is 4.09. The molecule has 1 aromatic carbocycles. The first-order valence-electron chi connectivity index (χ1n) is 10.8. The van der Waals surface area contributed by atoms with E-state index in [1.54, 1.807) is 10.9 Å². The molecule has 1 saturated heterocycles. The summed E-state index contributed by atoms with van der Waals surface area (Å²) >= 11 is 0. The van der Waals surface area contributed by atoms with Crippen molar-refractivity contribution in [2.45, 2.75) is 25.8 Å². The quantitative estimate of drug-likeness (QED) is 0.517. The molecule has 32 heavy (non-hydrogen) atoms. The van der Waals surface area contributed by atoms with Crippen molar-refractivity contribution in [1.82, 2.24) is 39.9 Å². The predicted octanol–water partition coefficient (Wildman–Crippen LogP) is 2.53. The zero-order chi connectivity index (χ0) is 22.1. The van der Waals surface area contributed by atoms with E-state index in [9.17, 15) is 4.79 Å². The van der Waals surface area contributed by atoms with Crippen molar-refractivity contribution in [3.05, 3.63) is 48.4 Å². The number of benzene rings is 1. The van der Waals surface area contributed by atoms with E-state index in [1.165, 1.54) is 0 Å². The van der Waals surface area contributed by atoms with Crippen LogP contribution in [0.4, 0.5) is 5.82 Å². The smallest absolute Gasteiger partial charge is 0.260 e. The van der Waals surface area contributed by atoms with Gasteiger partial charge in [-0.3, -0.25) is 14.2 Å². The number of aromatic nitrogens is 7. The predicted molar refractivity (Wildman–Crippen MR) is 120 cm³/mol. The van der Waals surface area contributed by atoms with Crippen LogP contribution in [0.3, 0.4) is 0 Å². The van der Waals surface area contributed by atoms with Gasteiger partial charge in [-0.15, -0.1) is 15.3 Å². The van der Waals surface area contributed by atoms with E-state index in [2.05, 4.69) is 42.7 Å². The summed E-state index contributed by atoms with van der Waals surface area (Å²) < 4.78 is 3.57. The lowest BCUT2D eigenvalue weighted by molar-refractivity contribution is 0.102. The maximum atomic E-state index is 12.8. The molecule has 1 fully saturated rings. The number of amides is 1. The maximum Gasteiger partial charge on any atom is 0.260 e. The molecule has 0 unspecified atom stereocenters. The molecule has 0 spiro atoms. The van der Waals surface area contributed by atoms with Gasteiger partial charge < -0.3 is 10.2 Å². The van der Waals surface area contributed by atoms with Crippen LogP contribution in [0.2, 0.25) is 0 Å². The van der Waals surface area contributed by atoms with Crippen molar-refractivity contribution < 1.29 is 4.79 Å². The highest BCUT2D eigenvalue weighted by molar-refractivity contribution is 6.04. The molecule has 0 aliphatic carbocycles. The van der Waals surface area contributed by atoms with E-state index in [0.29, 0.717) is 17.4 Å². The van der Waals surface area contributed by atoms with Crippen molar-refractivity contribution in [3.8, 4) is 11.3 Å². The van der Waals surface area contributed by atoms with Crippen LogP contribution in [0, 0.1) is 0 Å². The average molecular weight is 432 g/mol. The van der Waals surface area contributed by atoms with Crippen LogP contribution < -0.4 is 5.32 Å². The topological polar surface area (TPSA) is 107 Å². The molecule has 1 aliphatic heterocycles. The minimum absolute atomic E-state index is 0.249. The molecule has 4 aromatic rings. The maximum absolute atomic E-state index is 12.8. The molecular formula is C22H25N9O. The number of anilines is 1. The molecule has 10 nitrogen and oxygen atoms in total. The summed E-state index contributed by atoms with van der Waals surface area (Å²) in [6.45, 7) is 5.38. The van der Waals surface area contributed by atoms with Gasteiger partial charge in [-0.1, -0.05) is 18.2 Å². The standard InChI is InChI=1S/C22H25N9O/c1-3-30-8-6-18(7-9-30)31-13-17(12-23-31)22(32)24-21-11-16-10-15(4-5-19(16)25-27-21)20-14-29(2)28-26-20/h4-5,10-14,18H,3,6-9H2,1-2H3,(H,24,27,32). The summed E-state index contributed by atoms with van der Waals surface area (Å²) in [5.41, 5.74) is 2.94. The zero-order valence-corrected chi connectivity index (χ0v) is 18.1. The Labute approximate surface area is 185 Å². The van der Waals surface area contributed by atoms with Gasteiger partial charge in [-0.2, -0.15) is 5.10 Å². The summed E-state index contributed by atoms with van der Waals surface area (Å²) in [6, 6.07) is 7.92. The summed E-state index contributed by atoms with van der Waals surface area (Å²) in [5.74, 6) is 0.142. The zero-order valence-electron chi connectivity index (χ0n) is 18.1. The highest BCUT2D eigenvalue weighted by atomic mass is 16.1. The second-order valence-electron chi connectivity index (χ2n) is 8.11. The first-order valence-corrected chi connectivity index (χ1v) is 10.8. The average Bonchev–Trinajstić information content (AvgIpc) is 3.48. The number of aryl methyl sites for hydroxylation is 1. The number of piperidine rings is 1. The van der Waals surface area contributed by atoms with Gasteiger partial charge in [0.2, 0.25) is 0 Å². The van der Waals surface area contributed by atoms with Crippen LogP contribution in [0.1, 0.15) is 36.2 Å². The summed E-state index contributed by atoms with van der Waals surface area (Å²) in [5, 5.41) is 24.6. The fourth-order valence-electron chi connectivity index (χ4n) is 4.09. The molecule has 3 aromatic heterocycles. The molecule has 10 heteroatoms. The summed E-state index contributed by atoms with van der Waals surface area (Å²) in [7, 11) is 1.83. The number of carbonyl (C=O) groups excluding carboxylic acids is 1. The monoisotopic (exact) mass is 431 g/mol. The van der Waals surface area contributed by atoms with Gasteiger partial charge in [-0.25, -0.2) is 0 Å². The van der Waals surface area contributed by atoms with E-state index in [1.807, 2.05) is 48.4 Å². The molecular weight excluding hydrogens is 406 g/mol. The molecule has 5 rings (SSSR count). The second-order valence-corrected chi connectivity index (χ2v) is 8.11. The van der Waals surface area contributed by atoms with Crippen molar-refractivity contribution in [1.29, 1.82) is 0 Å². The van der Waals surface area contributed by atoms with E-state index in [-0.39, 0.29) is 5.91 Å². The van der Waals surface area contributed by atoms with Crippen LogP contribution in [0.25, 0.3) is 22.2 Å². The Morgan fingerprint density at radius 2 is 1.97 bits per heavy atom. The van der Waals surface area contributed by atoms with Gasteiger partial charge in [0.25, 0.3) is 5.91 Å². The van der Waals surface area contributed by atoms with Crippen LogP contribution in [-0.2, 0) is 7.05 Å². The molecule has 4 heterocycles. The van der Waals surface area contributed by atoms with Crippen molar-refractivity contribution in [3.63, 3.8) is 0 Å². The number of hydrogen-bond acceptors (Lipinski definition) is 7. The Morgan fingerprint density at radius 3 is 2.72 bits per heavy atom. The third-order valence-electron chi connectivity index (χ3n) is 5.97. The van der Waals surface area contributed by atoms with Gasteiger partial charge >= 0.3 is 0 Å². The Balaban J connectivity index is 1.31. The minimum atomic E-state index is -0.249. The molecule has 164 valence electrons. The normalized spacial score (nSPS) is 15.3. The lowest BCUT2D eigenvalue weighted by Gasteiger charge is -2.31. The molecule has 0 radical (unpaired) electrons. The highest BCUT2D eigenvalue weighted by Gasteiger charge is 2.21. The Morgan fingerprint density at radius 1 is 1.12 bits per heavy atom. The number of nitrogens with zero attached hydrogens (tertiary/aromatic N) is 8. The molecule has 0 atom stereocenters. The van der Waals surface area contributed by atoms with Gasteiger partial charge in [-0.05, 0) is 37.6 Å². The van der Waals surface area contributed by atoms with E-state index >= 15 is 0 Å². The third-order valence-corrected chi connectivity index (χ3v) is 5.97.